The van der Waals surface area contributed by atoms with Gasteiger partial charge in [-0.1, -0.05) is 20.3 Å². The van der Waals surface area contributed by atoms with Crippen LogP contribution in [0.1, 0.15) is 30.6 Å². The number of hydrogen-bond donors (Lipinski definition) is 2. The van der Waals surface area contributed by atoms with Gasteiger partial charge in [0.1, 0.15) is 6.04 Å². The van der Waals surface area contributed by atoms with Crippen LogP contribution in [0.15, 0.2) is 22.9 Å². The molecule has 0 unspecified atom stereocenters. The van der Waals surface area contributed by atoms with Crippen molar-refractivity contribution in [3.63, 3.8) is 0 Å². The number of carbonyl (C=O) groups excluding carboxylic acids is 1. The highest BCUT2D eigenvalue weighted by atomic mass is 79.9. The monoisotopic (exact) mass is 314 g/mol. The molecule has 0 radical (unpaired) electrons. The standard InChI is InChI=1S/C12H15BrN2O3/c1-3-7(2)10(12(17)18)15-11(16)8-4-9(13)6-14-5-8/h4-7,10H,3H2,1-2H3,(H,15,16)(H,17,18)/t7-,10+/m0/s1. The number of rotatable bonds is 5. The average molecular weight is 315 g/mol. The lowest BCUT2D eigenvalue weighted by Crippen LogP contribution is -2.45. The van der Waals surface area contributed by atoms with Crippen molar-refractivity contribution in [1.82, 2.24) is 10.3 Å². The number of aliphatic carboxylic acids is 1. The third kappa shape index (κ3) is 3.80. The summed E-state index contributed by atoms with van der Waals surface area (Å²) in [6.45, 7) is 3.67. The molecule has 1 aromatic rings. The minimum absolute atomic E-state index is 0.133. The molecule has 1 amide bonds. The first-order valence-corrected chi connectivity index (χ1v) is 6.39. The van der Waals surface area contributed by atoms with Gasteiger partial charge in [0.2, 0.25) is 0 Å². The Balaban J connectivity index is 2.82. The number of halogens is 1. The van der Waals surface area contributed by atoms with Crippen molar-refractivity contribution in [3.8, 4) is 0 Å². The largest absolute Gasteiger partial charge is 0.480 e. The van der Waals surface area contributed by atoms with Crippen LogP contribution in [-0.2, 0) is 4.79 Å². The summed E-state index contributed by atoms with van der Waals surface area (Å²) < 4.78 is 0.672. The molecule has 0 bridgehead atoms. The minimum atomic E-state index is -1.03. The summed E-state index contributed by atoms with van der Waals surface area (Å²) in [5.74, 6) is -1.59. The van der Waals surface area contributed by atoms with Crippen molar-refractivity contribution in [2.75, 3.05) is 0 Å². The van der Waals surface area contributed by atoms with Crippen LogP contribution < -0.4 is 5.32 Å². The molecule has 18 heavy (non-hydrogen) atoms. The van der Waals surface area contributed by atoms with Crippen LogP contribution in [0.3, 0.4) is 0 Å². The predicted octanol–water partition coefficient (Wildman–Crippen LogP) is 2.07. The lowest BCUT2D eigenvalue weighted by atomic mass is 9.99. The molecule has 98 valence electrons. The number of pyridine rings is 1. The maximum absolute atomic E-state index is 11.9. The van der Waals surface area contributed by atoms with Crippen molar-refractivity contribution in [1.29, 1.82) is 0 Å². The number of carbonyl (C=O) groups is 2. The highest BCUT2D eigenvalue weighted by molar-refractivity contribution is 9.10. The summed E-state index contributed by atoms with van der Waals surface area (Å²) in [5, 5.41) is 11.6. The van der Waals surface area contributed by atoms with E-state index in [0.717, 1.165) is 0 Å². The molecule has 0 aliphatic carbocycles. The first kappa shape index (κ1) is 14.6. The molecule has 2 N–H and O–H groups in total. The third-order valence-electron chi connectivity index (χ3n) is 2.73. The summed E-state index contributed by atoms with van der Waals surface area (Å²) in [5.41, 5.74) is 0.332. The number of amides is 1. The molecule has 0 aliphatic heterocycles. The van der Waals surface area contributed by atoms with Gasteiger partial charge in [-0.15, -0.1) is 0 Å². The first-order valence-electron chi connectivity index (χ1n) is 5.60. The Morgan fingerprint density at radius 2 is 2.17 bits per heavy atom. The molecule has 6 heteroatoms. The zero-order valence-corrected chi connectivity index (χ0v) is 11.8. The van der Waals surface area contributed by atoms with E-state index in [-0.39, 0.29) is 5.92 Å². The second kappa shape index (κ2) is 6.49. The summed E-state index contributed by atoms with van der Waals surface area (Å²) >= 11 is 3.21. The maximum atomic E-state index is 11.9. The van der Waals surface area contributed by atoms with Gasteiger partial charge in [0.15, 0.2) is 0 Å². The fraction of sp³-hybridized carbons (Fsp3) is 0.417. The highest BCUT2D eigenvalue weighted by Crippen LogP contribution is 2.12. The summed E-state index contributed by atoms with van der Waals surface area (Å²) in [6, 6.07) is 0.708. The molecule has 2 atom stereocenters. The van der Waals surface area contributed by atoms with Crippen LogP contribution >= 0.6 is 15.9 Å². The van der Waals surface area contributed by atoms with E-state index in [0.29, 0.717) is 16.5 Å². The topological polar surface area (TPSA) is 79.3 Å². The Hall–Kier alpha value is -1.43. The second-order valence-electron chi connectivity index (χ2n) is 4.07. The van der Waals surface area contributed by atoms with Gasteiger partial charge < -0.3 is 10.4 Å². The Bertz CT molecular complexity index is 451. The first-order chi connectivity index (χ1) is 8.45. The Morgan fingerprint density at radius 3 is 2.67 bits per heavy atom. The van der Waals surface area contributed by atoms with E-state index in [4.69, 9.17) is 5.11 Å². The van der Waals surface area contributed by atoms with Crippen molar-refractivity contribution in [2.24, 2.45) is 5.92 Å². The van der Waals surface area contributed by atoms with Gasteiger partial charge in [0, 0.05) is 16.9 Å². The molecule has 0 saturated carbocycles. The van der Waals surface area contributed by atoms with Gasteiger partial charge in [-0.25, -0.2) is 4.79 Å². The van der Waals surface area contributed by atoms with Gasteiger partial charge in [0.25, 0.3) is 5.91 Å². The van der Waals surface area contributed by atoms with Crippen molar-refractivity contribution in [2.45, 2.75) is 26.3 Å². The molecule has 5 nitrogen and oxygen atoms in total. The number of hydrogen-bond acceptors (Lipinski definition) is 3. The molecule has 1 heterocycles. The van der Waals surface area contributed by atoms with Crippen LogP contribution in [0.4, 0.5) is 0 Å². The van der Waals surface area contributed by atoms with Gasteiger partial charge >= 0.3 is 5.97 Å². The highest BCUT2D eigenvalue weighted by Gasteiger charge is 2.25. The van der Waals surface area contributed by atoms with E-state index in [2.05, 4.69) is 26.2 Å². The number of nitrogens with zero attached hydrogens (tertiary/aromatic N) is 1. The molecule has 0 aliphatic rings. The van der Waals surface area contributed by atoms with Gasteiger partial charge in [-0.05, 0) is 27.9 Å². The summed E-state index contributed by atoms with van der Waals surface area (Å²) in [4.78, 5) is 26.9. The van der Waals surface area contributed by atoms with E-state index in [1.54, 1.807) is 19.2 Å². The lowest BCUT2D eigenvalue weighted by Gasteiger charge is -2.20. The molecule has 0 spiro atoms. The van der Waals surface area contributed by atoms with E-state index in [1.807, 2.05) is 6.92 Å². The number of carboxylic acid groups (broad SMARTS) is 1. The number of aromatic nitrogens is 1. The molecular formula is C12H15BrN2O3. The fourth-order valence-corrected chi connectivity index (χ4v) is 1.81. The summed E-state index contributed by atoms with van der Waals surface area (Å²) in [7, 11) is 0. The molecule has 1 aromatic heterocycles. The SMILES string of the molecule is CC[C@H](C)[C@@H](NC(=O)c1cncc(Br)c1)C(=O)O. The van der Waals surface area contributed by atoms with Crippen LogP contribution in [-0.4, -0.2) is 28.0 Å². The van der Waals surface area contributed by atoms with Gasteiger partial charge in [-0.2, -0.15) is 0 Å². The van der Waals surface area contributed by atoms with Crippen molar-refractivity contribution in [3.05, 3.63) is 28.5 Å². The lowest BCUT2D eigenvalue weighted by molar-refractivity contribution is -0.140. The molecule has 0 saturated heterocycles. The van der Waals surface area contributed by atoms with E-state index >= 15 is 0 Å². The fourth-order valence-electron chi connectivity index (χ4n) is 1.44. The Labute approximate surface area is 114 Å². The van der Waals surface area contributed by atoms with Crippen LogP contribution in [0, 0.1) is 5.92 Å². The van der Waals surface area contributed by atoms with Gasteiger partial charge in [0.05, 0.1) is 5.56 Å². The molecular weight excluding hydrogens is 300 g/mol. The molecule has 1 rings (SSSR count). The normalized spacial score (nSPS) is 13.7. The van der Waals surface area contributed by atoms with E-state index < -0.39 is 17.9 Å². The van der Waals surface area contributed by atoms with Crippen molar-refractivity contribution < 1.29 is 14.7 Å². The van der Waals surface area contributed by atoms with Crippen LogP contribution in [0.2, 0.25) is 0 Å². The Kier molecular flexibility index (Phi) is 5.27. The zero-order chi connectivity index (χ0) is 13.7. The predicted molar refractivity (Wildman–Crippen MR) is 70.3 cm³/mol. The Morgan fingerprint density at radius 1 is 1.50 bits per heavy atom. The zero-order valence-electron chi connectivity index (χ0n) is 10.2. The minimum Gasteiger partial charge on any atom is -0.480 e. The quantitative estimate of drug-likeness (QED) is 0.872. The molecule has 0 fully saturated rings. The number of carboxylic acids is 1. The maximum Gasteiger partial charge on any atom is 0.326 e. The summed E-state index contributed by atoms with van der Waals surface area (Å²) in [6.07, 6.45) is 3.63. The van der Waals surface area contributed by atoms with Crippen LogP contribution in [0.25, 0.3) is 0 Å². The average Bonchev–Trinajstić information content (AvgIpc) is 2.34. The second-order valence-corrected chi connectivity index (χ2v) is 4.98. The smallest absolute Gasteiger partial charge is 0.326 e. The third-order valence-corrected chi connectivity index (χ3v) is 3.17. The van der Waals surface area contributed by atoms with E-state index in [9.17, 15) is 9.59 Å². The number of nitrogens with one attached hydrogen (secondary N) is 1. The molecule has 0 aromatic carbocycles. The van der Waals surface area contributed by atoms with Crippen molar-refractivity contribution >= 4 is 27.8 Å². The van der Waals surface area contributed by atoms with E-state index in [1.165, 1.54) is 6.20 Å². The van der Waals surface area contributed by atoms with Gasteiger partial charge in [-0.3, -0.25) is 9.78 Å². The van der Waals surface area contributed by atoms with Crippen LogP contribution in [0.5, 0.6) is 0 Å².